The smallest absolute Gasteiger partial charge is 0.282 e. The molecule has 19 heavy (non-hydrogen) atoms. The van der Waals surface area contributed by atoms with Gasteiger partial charge in [0.2, 0.25) is 0 Å². The van der Waals surface area contributed by atoms with E-state index in [2.05, 4.69) is 12.2 Å². The molecule has 0 aromatic carbocycles. The van der Waals surface area contributed by atoms with Crippen LogP contribution in [0.4, 0.5) is 0 Å². The minimum atomic E-state index is -3.30. The molecule has 0 bridgehead atoms. The van der Waals surface area contributed by atoms with Gasteiger partial charge in [-0.05, 0) is 52.6 Å². The van der Waals surface area contributed by atoms with Crippen molar-refractivity contribution in [2.75, 3.05) is 33.2 Å². The van der Waals surface area contributed by atoms with E-state index in [4.69, 9.17) is 0 Å². The van der Waals surface area contributed by atoms with Crippen molar-refractivity contribution in [2.24, 2.45) is 0 Å². The van der Waals surface area contributed by atoms with Crippen molar-refractivity contribution in [3.8, 4) is 0 Å². The van der Waals surface area contributed by atoms with Gasteiger partial charge in [0, 0.05) is 25.7 Å². The molecule has 0 unspecified atom stereocenters. The Labute approximate surface area is 118 Å². The molecular weight excluding hydrogens is 262 g/mol. The minimum absolute atomic E-state index is 0.243. The zero-order valence-corrected chi connectivity index (χ0v) is 13.6. The molecule has 0 radical (unpaired) electrons. The summed E-state index contributed by atoms with van der Waals surface area (Å²) in [4.78, 5) is 0. The van der Waals surface area contributed by atoms with Crippen LogP contribution in [0.15, 0.2) is 0 Å². The molecule has 114 valence electrons. The van der Waals surface area contributed by atoms with Gasteiger partial charge in [-0.2, -0.15) is 17.0 Å². The summed E-state index contributed by atoms with van der Waals surface area (Å²) in [5.41, 5.74) is -0.243. The van der Waals surface area contributed by atoms with Crippen LogP contribution >= 0.6 is 0 Å². The summed E-state index contributed by atoms with van der Waals surface area (Å²) in [5, 5.41) is 3.29. The first-order chi connectivity index (χ1) is 8.82. The van der Waals surface area contributed by atoms with E-state index in [1.54, 1.807) is 11.4 Å². The van der Waals surface area contributed by atoms with E-state index in [1.807, 2.05) is 13.8 Å². The zero-order chi connectivity index (χ0) is 14.5. The van der Waals surface area contributed by atoms with Gasteiger partial charge >= 0.3 is 0 Å². The second-order valence-electron chi connectivity index (χ2n) is 5.92. The molecule has 0 aromatic heterocycles. The van der Waals surface area contributed by atoms with Crippen molar-refractivity contribution in [3.63, 3.8) is 0 Å². The van der Waals surface area contributed by atoms with E-state index in [0.29, 0.717) is 13.1 Å². The second-order valence-corrected chi connectivity index (χ2v) is 7.88. The maximum atomic E-state index is 12.5. The van der Waals surface area contributed by atoms with E-state index in [0.717, 1.165) is 38.8 Å². The Balaban J connectivity index is 2.48. The number of nitrogens with one attached hydrogen (secondary N) is 1. The van der Waals surface area contributed by atoms with E-state index < -0.39 is 10.2 Å². The summed E-state index contributed by atoms with van der Waals surface area (Å²) in [6.45, 7) is 9.23. The highest BCUT2D eigenvalue weighted by atomic mass is 32.2. The molecule has 1 aliphatic rings. The van der Waals surface area contributed by atoms with Crippen molar-refractivity contribution < 1.29 is 8.42 Å². The Kier molecular flexibility index (Phi) is 6.23. The monoisotopic (exact) mass is 291 g/mol. The minimum Gasteiger partial charge on any atom is -0.317 e. The Hall–Kier alpha value is -0.170. The van der Waals surface area contributed by atoms with E-state index >= 15 is 0 Å². The lowest BCUT2D eigenvalue weighted by molar-refractivity contribution is 0.268. The molecule has 1 saturated heterocycles. The molecule has 1 aliphatic heterocycles. The van der Waals surface area contributed by atoms with E-state index in [9.17, 15) is 8.42 Å². The fraction of sp³-hybridized carbons (Fsp3) is 1.00. The van der Waals surface area contributed by atoms with Gasteiger partial charge in [-0.25, -0.2) is 0 Å². The Morgan fingerprint density at radius 3 is 2.53 bits per heavy atom. The van der Waals surface area contributed by atoms with Crippen molar-refractivity contribution in [3.05, 3.63) is 0 Å². The first kappa shape index (κ1) is 16.9. The van der Waals surface area contributed by atoms with Crippen molar-refractivity contribution in [1.29, 1.82) is 0 Å². The van der Waals surface area contributed by atoms with Crippen molar-refractivity contribution in [1.82, 2.24) is 13.9 Å². The van der Waals surface area contributed by atoms with Crippen LogP contribution in [0.2, 0.25) is 0 Å². The summed E-state index contributed by atoms with van der Waals surface area (Å²) < 4.78 is 28.1. The molecule has 1 heterocycles. The first-order valence-electron chi connectivity index (χ1n) is 7.27. The molecule has 0 atom stereocenters. The quantitative estimate of drug-likeness (QED) is 0.688. The molecule has 0 saturated carbocycles. The molecule has 0 aliphatic carbocycles. The van der Waals surface area contributed by atoms with Gasteiger partial charge in [-0.15, -0.1) is 0 Å². The van der Waals surface area contributed by atoms with Crippen LogP contribution in [0.1, 0.15) is 46.5 Å². The first-order valence-corrected chi connectivity index (χ1v) is 8.67. The number of hydrogen-bond acceptors (Lipinski definition) is 3. The van der Waals surface area contributed by atoms with Crippen LogP contribution in [0.3, 0.4) is 0 Å². The average Bonchev–Trinajstić information content (AvgIpc) is 2.69. The summed E-state index contributed by atoms with van der Waals surface area (Å²) in [5.74, 6) is 0. The van der Waals surface area contributed by atoms with Crippen LogP contribution in [0, 0.1) is 0 Å². The van der Waals surface area contributed by atoms with Crippen LogP contribution in [-0.2, 0) is 10.2 Å². The molecule has 1 fully saturated rings. The van der Waals surface area contributed by atoms with Gasteiger partial charge in [0.05, 0.1) is 0 Å². The normalized spacial score (nSPS) is 20.3. The van der Waals surface area contributed by atoms with Gasteiger partial charge in [-0.3, -0.25) is 0 Å². The molecule has 1 rings (SSSR count). The predicted molar refractivity (Wildman–Crippen MR) is 79.3 cm³/mol. The third-order valence-electron chi connectivity index (χ3n) is 3.75. The number of nitrogens with zero attached hydrogens (tertiary/aromatic N) is 2. The highest BCUT2D eigenvalue weighted by molar-refractivity contribution is 7.86. The molecule has 6 heteroatoms. The highest BCUT2D eigenvalue weighted by Crippen LogP contribution is 2.31. The molecule has 1 N–H and O–H groups in total. The second kappa shape index (κ2) is 7.02. The van der Waals surface area contributed by atoms with E-state index in [-0.39, 0.29) is 5.54 Å². The molecule has 0 spiro atoms. The fourth-order valence-electron chi connectivity index (χ4n) is 2.52. The standard InChI is InChI=1S/C13H29N3O2S/c1-5-9-14-10-7-11-15(4)19(17,18)16-12-6-8-13(16,2)3/h14H,5-12H2,1-4H3. The van der Waals surface area contributed by atoms with Crippen LogP contribution in [-0.4, -0.2) is 55.8 Å². The third-order valence-corrected chi connectivity index (χ3v) is 5.95. The van der Waals surface area contributed by atoms with Crippen LogP contribution in [0.5, 0.6) is 0 Å². The average molecular weight is 291 g/mol. The molecule has 0 aromatic rings. The lowest BCUT2D eigenvalue weighted by atomic mass is 10.0. The molecule has 5 nitrogen and oxygen atoms in total. The Morgan fingerprint density at radius 1 is 1.32 bits per heavy atom. The lowest BCUT2D eigenvalue weighted by Crippen LogP contribution is -2.49. The maximum Gasteiger partial charge on any atom is 0.282 e. The SMILES string of the molecule is CCCNCCCN(C)S(=O)(=O)N1CCCC1(C)C. The van der Waals surface area contributed by atoms with Gasteiger partial charge in [-0.1, -0.05) is 6.92 Å². The van der Waals surface area contributed by atoms with Gasteiger partial charge in [0.1, 0.15) is 0 Å². The van der Waals surface area contributed by atoms with Gasteiger partial charge in [0.15, 0.2) is 0 Å². The third kappa shape index (κ3) is 4.41. The van der Waals surface area contributed by atoms with Crippen LogP contribution in [0.25, 0.3) is 0 Å². The summed E-state index contributed by atoms with van der Waals surface area (Å²) >= 11 is 0. The fourth-order valence-corrected chi connectivity index (χ4v) is 4.29. The largest absolute Gasteiger partial charge is 0.317 e. The molecular formula is C13H29N3O2S. The summed E-state index contributed by atoms with van der Waals surface area (Å²) in [7, 11) is -1.62. The number of rotatable bonds is 8. The Bertz CT molecular complexity index is 368. The van der Waals surface area contributed by atoms with Crippen LogP contribution < -0.4 is 5.32 Å². The van der Waals surface area contributed by atoms with Gasteiger partial charge in [0.25, 0.3) is 10.2 Å². The lowest BCUT2D eigenvalue weighted by Gasteiger charge is -2.33. The number of hydrogen-bond donors (Lipinski definition) is 1. The maximum absolute atomic E-state index is 12.5. The van der Waals surface area contributed by atoms with Crippen molar-refractivity contribution in [2.45, 2.75) is 52.0 Å². The predicted octanol–water partition coefficient (Wildman–Crippen LogP) is 1.43. The van der Waals surface area contributed by atoms with Crippen molar-refractivity contribution >= 4 is 10.2 Å². The summed E-state index contributed by atoms with van der Waals surface area (Å²) in [6.07, 6.45) is 3.86. The summed E-state index contributed by atoms with van der Waals surface area (Å²) in [6, 6.07) is 0. The highest BCUT2D eigenvalue weighted by Gasteiger charge is 2.41. The Morgan fingerprint density at radius 2 is 2.00 bits per heavy atom. The topological polar surface area (TPSA) is 52.7 Å². The molecule has 0 amide bonds. The zero-order valence-electron chi connectivity index (χ0n) is 12.8. The van der Waals surface area contributed by atoms with E-state index in [1.165, 1.54) is 4.31 Å². The van der Waals surface area contributed by atoms with Gasteiger partial charge < -0.3 is 5.32 Å².